The summed E-state index contributed by atoms with van der Waals surface area (Å²) in [6, 6.07) is 55.9. The molecule has 0 radical (unpaired) electrons. The van der Waals surface area contributed by atoms with Gasteiger partial charge in [0.1, 0.15) is 5.82 Å². The topological polar surface area (TPSA) is 35.1 Å². The summed E-state index contributed by atoms with van der Waals surface area (Å²) in [4.78, 5) is 10.4. The van der Waals surface area contributed by atoms with Crippen LogP contribution in [-0.2, 0) is 0 Å². The van der Waals surface area contributed by atoms with Crippen molar-refractivity contribution in [2.75, 3.05) is 0 Å². The maximum atomic E-state index is 5.31. The second-order valence-electron chi connectivity index (χ2n) is 11.8. The van der Waals surface area contributed by atoms with Crippen LogP contribution in [0.1, 0.15) is 0 Å². The lowest BCUT2D eigenvalue weighted by molar-refractivity contribution is 1.05. The SMILES string of the molecule is c1ccc(-c2cc(-n3c4ccccc4c4ccc5c6ccccc6n6c7ccccc7cc6c5c43)nc(-c3ccccc3)n2)cc1. The van der Waals surface area contributed by atoms with Crippen LogP contribution in [-0.4, -0.2) is 18.9 Å². The van der Waals surface area contributed by atoms with E-state index in [0.717, 1.165) is 33.7 Å². The summed E-state index contributed by atoms with van der Waals surface area (Å²) in [6.45, 7) is 0. The molecule has 0 aliphatic heterocycles. The zero-order valence-electron chi connectivity index (χ0n) is 24.8. The number of fused-ring (bicyclic) bond motifs is 12. The molecule has 6 aromatic carbocycles. The monoisotopic (exact) mass is 586 g/mol. The van der Waals surface area contributed by atoms with E-state index in [9.17, 15) is 0 Å². The Morgan fingerprint density at radius 1 is 0.413 bits per heavy atom. The summed E-state index contributed by atoms with van der Waals surface area (Å²) < 4.78 is 4.79. The fourth-order valence-electron chi connectivity index (χ4n) is 7.30. The van der Waals surface area contributed by atoms with Crippen LogP contribution in [0.15, 0.2) is 158 Å². The fraction of sp³-hybridized carbons (Fsp3) is 0. The Bertz CT molecular complexity index is 2730. The summed E-state index contributed by atoms with van der Waals surface area (Å²) >= 11 is 0. The Kier molecular flexibility index (Phi) is 5.25. The summed E-state index contributed by atoms with van der Waals surface area (Å²) in [5.41, 5.74) is 8.78. The number of rotatable bonds is 3. The second-order valence-corrected chi connectivity index (χ2v) is 11.8. The van der Waals surface area contributed by atoms with Gasteiger partial charge in [-0.15, -0.1) is 0 Å². The van der Waals surface area contributed by atoms with Gasteiger partial charge in [0, 0.05) is 44.1 Å². The average molecular weight is 587 g/mol. The number of hydrogen-bond acceptors (Lipinski definition) is 2. The van der Waals surface area contributed by atoms with E-state index in [1.807, 2.05) is 24.3 Å². The third-order valence-corrected chi connectivity index (χ3v) is 9.28. The predicted molar refractivity (Wildman–Crippen MR) is 191 cm³/mol. The van der Waals surface area contributed by atoms with Crippen LogP contribution in [0, 0.1) is 0 Å². The molecule has 214 valence electrons. The van der Waals surface area contributed by atoms with Gasteiger partial charge < -0.3 is 4.40 Å². The molecule has 4 aromatic heterocycles. The highest BCUT2D eigenvalue weighted by Crippen LogP contribution is 2.42. The lowest BCUT2D eigenvalue weighted by atomic mass is 10.0. The van der Waals surface area contributed by atoms with E-state index in [0.29, 0.717) is 5.82 Å². The van der Waals surface area contributed by atoms with Crippen LogP contribution in [0.5, 0.6) is 0 Å². The number of pyridine rings is 1. The van der Waals surface area contributed by atoms with Crippen molar-refractivity contribution in [1.82, 2.24) is 18.9 Å². The molecule has 46 heavy (non-hydrogen) atoms. The molecule has 10 aromatic rings. The summed E-state index contributed by atoms with van der Waals surface area (Å²) in [7, 11) is 0. The third kappa shape index (κ3) is 3.55. The van der Waals surface area contributed by atoms with Crippen LogP contribution < -0.4 is 0 Å². The molecule has 0 aliphatic carbocycles. The molecular weight excluding hydrogens is 560 g/mol. The van der Waals surface area contributed by atoms with Gasteiger partial charge in [0.15, 0.2) is 5.82 Å². The average Bonchev–Trinajstić information content (AvgIpc) is 3.69. The molecular formula is C42H26N4. The Balaban J connectivity index is 1.43. The first kappa shape index (κ1) is 25.1. The lowest BCUT2D eigenvalue weighted by Crippen LogP contribution is -2.03. The molecule has 0 spiro atoms. The summed E-state index contributed by atoms with van der Waals surface area (Å²) in [5.74, 6) is 1.54. The Hall–Kier alpha value is -6.26. The first-order valence-corrected chi connectivity index (χ1v) is 15.6. The smallest absolute Gasteiger partial charge is 0.162 e. The van der Waals surface area contributed by atoms with E-state index >= 15 is 0 Å². The maximum absolute atomic E-state index is 5.31. The normalized spacial score (nSPS) is 11.9. The van der Waals surface area contributed by atoms with E-state index in [4.69, 9.17) is 9.97 Å². The van der Waals surface area contributed by atoms with Crippen molar-refractivity contribution in [3.05, 3.63) is 158 Å². The zero-order valence-corrected chi connectivity index (χ0v) is 24.8. The van der Waals surface area contributed by atoms with Crippen molar-refractivity contribution in [2.24, 2.45) is 0 Å². The Labute approximate surface area is 264 Å². The van der Waals surface area contributed by atoms with Gasteiger partial charge in [-0.1, -0.05) is 127 Å². The predicted octanol–water partition coefficient (Wildman–Crippen LogP) is 10.6. The van der Waals surface area contributed by atoms with Crippen LogP contribution in [0.3, 0.4) is 0 Å². The minimum atomic E-state index is 0.701. The van der Waals surface area contributed by atoms with Crippen molar-refractivity contribution in [2.45, 2.75) is 0 Å². The maximum Gasteiger partial charge on any atom is 0.162 e. The van der Waals surface area contributed by atoms with Gasteiger partial charge in [0.05, 0.1) is 33.3 Å². The quantitative estimate of drug-likeness (QED) is 0.193. The van der Waals surface area contributed by atoms with E-state index in [-0.39, 0.29) is 0 Å². The molecule has 0 fully saturated rings. The second kappa shape index (κ2) is 9.62. The highest BCUT2D eigenvalue weighted by Gasteiger charge is 2.21. The minimum absolute atomic E-state index is 0.701. The Morgan fingerprint density at radius 3 is 1.80 bits per heavy atom. The number of para-hydroxylation sites is 3. The Morgan fingerprint density at radius 2 is 1.02 bits per heavy atom. The van der Waals surface area contributed by atoms with Gasteiger partial charge in [0.2, 0.25) is 0 Å². The molecule has 0 aliphatic rings. The summed E-state index contributed by atoms with van der Waals surface area (Å²) in [6.07, 6.45) is 0. The first-order chi connectivity index (χ1) is 22.8. The molecule has 0 saturated heterocycles. The van der Waals surface area contributed by atoms with E-state index in [2.05, 4.69) is 142 Å². The summed E-state index contributed by atoms with van der Waals surface area (Å²) in [5, 5.41) is 7.28. The molecule has 0 bridgehead atoms. The number of hydrogen-bond donors (Lipinski definition) is 0. The molecule has 0 amide bonds. The van der Waals surface area contributed by atoms with Gasteiger partial charge in [-0.05, 0) is 29.7 Å². The standard InChI is InChI=1S/C42H26N4/c1-3-13-27(14-4-1)34-26-39(44-42(43-34)28-15-5-2-6-16-28)46-37-22-12-9-19-31(37)33-24-23-32-30-18-8-11-21-36(30)45-35-20-10-7-17-29(35)25-38(45)40(32)41(33)46/h1-26H. The van der Waals surface area contributed by atoms with Crippen molar-refractivity contribution in [1.29, 1.82) is 0 Å². The molecule has 0 N–H and O–H groups in total. The molecule has 4 heterocycles. The highest BCUT2D eigenvalue weighted by atomic mass is 15.1. The molecule has 10 rings (SSSR count). The third-order valence-electron chi connectivity index (χ3n) is 9.28. The number of aromatic nitrogens is 4. The van der Waals surface area contributed by atoms with Crippen molar-refractivity contribution < 1.29 is 0 Å². The van der Waals surface area contributed by atoms with Gasteiger partial charge >= 0.3 is 0 Å². The molecule has 4 heteroatoms. The van der Waals surface area contributed by atoms with Gasteiger partial charge in [-0.2, -0.15) is 0 Å². The number of benzene rings is 6. The van der Waals surface area contributed by atoms with Crippen molar-refractivity contribution in [3.63, 3.8) is 0 Å². The van der Waals surface area contributed by atoms with Gasteiger partial charge in [-0.3, -0.25) is 4.57 Å². The largest absolute Gasteiger partial charge is 0.309 e. The van der Waals surface area contributed by atoms with Crippen LogP contribution in [0.25, 0.3) is 88.4 Å². The highest BCUT2D eigenvalue weighted by molar-refractivity contribution is 6.28. The molecule has 0 saturated carbocycles. The molecule has 0 atom stereocenters. The zero-order chi connectivity index (χ0) is 30.2. The number of nitrogens with zero attached hydrogens (tertiary/aromatic N) is 4. The van der Waals surface area contributed by atoms with Gasteiger partial charge in [-0.25, -0.2) is 9.97 Å². The van der Waals surface area contributed by atoms with Crippen LogP contribution in [0.4, 0.5) is 0 Å². The first-order valence-electron chi connectivity index (χ1n) is 15.6. The molecule has 4 nitrogen and oxygen atoms in total. The van der Waals surface area contributed by atoms with E-state index in [1.165, 1.54) is 48.9 Å². The van der Waals surface area contributed by atoms with Crippen LogP contribution in [0.2, 0.25) is 0 Å². The van der Waals surface area contributed by atoms with E-state index < -0.39 is 0 Å². The van der Waals surface area contributed by atoms with Crippen LogP contribution >= 0.6 is 0 Å². The fourth-order valence-corrected chi connectivity index (χ4v) is 7.30. The van der Waals surface area contributed by atoms with Gasteiger partial charge in [0.25, 0.3) is 0 Å². The minimum Gasteiger partial charge on any atom is -0.309 e. The van der Waals surface area contributed by atoms with Crippen molar-refractivity contribution >= 4 is 59.9 Å². The molecule has 0 unspecified atom stereocenters. The van der Waals surface area contributed by atoms with E-state index in [1.54, 1.807) is 0 Å². The van der Waals surface area contributed by atoms with Crippen molar-refractivity contribution in [3.8, 4) is 28.5 Å². The lowest BCUT2D eigenvalue weighted by Gasteiger charge is -2.15.